The first-order chi connectivity index (χ1) is 23.4. The van der Waals surface area contributed by atoms with Crippen molar-refractivity contribution in [2.24, 2.45) is 5.92 Å². The molecule has 3 N–H and O–H groups in total. The fraction of sp³-hybridized carbons (Fsp3) is 0.579. The summed E-state index contributed by atoms with van der Waals surface area (Å²) in [5, 5.41) is 13.8. The van der Waals surface area contributed by atoms with Crippen molar-refractivity contribution in [1.29, 1.82) is 0 Å². The fourth-order valence-electron chi connectivity index (χ4n) is 6.14. The first-order valence-electron chi connectivity index (χ1n) is 17.4. The lowest BCUT2D eigenvalue weighted by Gasteiger charge is -2.33. The molecule has 280 valence electrons. The maximum Gasteiger partial charge on any atom is 0.410 e. The van der Waals surface area contributed by atoms with E-state index in [1.54, 1.807) is 18.2 Å². The maximum absolute atomic E-state index is 14.9. The number of aliphatic hydroxyl groups excluding tert-OH is 1. The molecular weight excluding hydrogens is 672 g/mol. The third kappa shape index (κ3) is 10.4. The predicted molar refractivity (Wildman–Crippen MR) is 196 cm³/mol. The number of hydrogen-bond donors (Lipinski definition) is 3. The normalized spacial score (nSPS) is 18.0. The molecule has 1 amide bonds. The highest BCUT2D eigenvalue weighted by molar-refractivity contribution is 7.89. The molecule has 0 aromatic carbocycles. The number of nitrogens with one attached hydrogen (secondary N) is 2. The summed E-state index contributed by atoms with van der Waals surface area (Å²) in [6.07, 6.45) is -0.0466. The molecule has 3 atom stereocenters. The summed E-state index contributed by atoms with van der Waals surface area (Å²) in [7, 11) is -4.39. The van der Waals surface area contributed by atoms with Crippen LogP contribution >= 0.6 is 0 Å². The van der Waals surface area contributed by atoms with Gasteiger partial charge in [0.2, 0.25) is 5.95 Å². The second kappa shape index (κ2) is 14.7. The number of aromatic nitrogens is 3. The topological polar surface area (TPSA) is 147 Å². The molecule has 13 heteroatoms. The van der Waals surface area contributed by atoms with Gasteiger partial charge < -0.3 is 20.1 Å². The average Bonchev–Trinajstić information content (AvgIpc) is 3.31. The number of likely N-dealkylation sites (tertiary alicyclic amines) is 1. The van der Waals surface area contributed by atoms with E-state index in [0.29, 0.717) is 18.7 Å². The van der Waals surface area contributed by atoms with Crippen LogP contribution in [0.15, 0.2) is 53.6 Å². The van der Waals surface area contributed by atoms with Crippen LogP contribution in [-0.4, -0.2) is 57.2 Å². The number of pyridine rings is 3. The molecule has 4 rings (SSSR count). The Morgan fingerprint density at radius 3 is 2.20 bits per heavy atom. The lowest BCUT2D eigenvalue weighted by molar-refractivity contribution is 0.0130. The van der Waals surface area contributed by atoms with Gasteiger partial charge in [-0.25, -0.2) is 23.2 Å². The van der Waals surface area contributed by atoms with Gasteiger partial charge in [-0.1, -0.05) is 53.7 Å². The van der Waals surface area contributed by atoms with Crippen molar-refractivity contribution < 1.29 is 27.4 Å². The Morgan fingerprint density at radius 2 is 1.59 bits per heavy atom. The molecule has 51 heavy (non-hydrogen) atoms. The highest BCUT2D eigenvalue weighted by Gasteiger charge is 2.43. The molecule has 1 aliphatic heterocycles. The minimum absolute atomic E-state index is 0.195. The van der Waals surface area contributed by atoms with Gasteiger partial charge in [-0.3, -0.25) is 4.98 Å². The second-order valence-corrected chi connectivity index (χ2v) is 18.8. The Balaban J connectivity index is 1.56. The Morgan fingerprint density at radius 1 is 0.961 bits per heavy atom. The van der Waals surface area contributed by atoms with E-state index in [4.69, 9.17) is 9.72 Å². The van der Waals surface area contributed by atoms with E-state index >= 15 is 0 Å². The van der Waals surface area contributed by atoms with Crippen LogP contribution in [0.3, 0.4) is 0 Å². The maximum atomic E-state index is 14.9. The van der Waals surface area contributed by atoms with Crippen LogP contribution < -0.4 is 10.0 Å². The van der Waals surface area contributed by atoms with Crippen molar-refractivity contribution in [3.63, 3.8) is 0 Å². The van der Waals surface area contributed by atoms with Gasteiger partial charge in [0.15, 0.2) is 5.03 Å². The van der Waals surface area contributed by atoms with Crippen molar-refractivity contribution in [3.8, 4) is 0 Å². The Hall–Kier alpha value is -3.68. The van der Waals surface area contributed by atoms with E-state index in [2.05, 4.69) is 40.8 Å². The zero-order chi connectivity index (χ0) is 38.2. The zero-order valence-corrected chi connectivity index (χ0v) is 32.7. The molecule has 0 saturated carbocycles. The minimum Gasteiger partial charge on any atom is -0.444 e. The Labute approximate surface area is 302 Å². The summed E-state index contributed by atoms with van der Waals surface area (Å²) < 4.78 is 49.5. The standard InChI is InChI=1S/C38H55FN6O5S/c1-35(2,3)28-15-12-14-26(40-28)27(20-18-24-22-38(10,11)45(23-24)34(47)50-37(7,8)9)41-30-16-13-17-31(43-30)51(48,49)44-33(46)25-19-21-29(36(4,5)6)42-32(25)39/h12-17,19,21,24,27,33,44,46H,18,20,22-23H2,1-11H3,(H,41,43)/t24-,27?,33?/m0/s1. The van der Waals surface area contributed by atoms with Gasteiger partial charge in [0.25, 0.3) is 10.0 Å². The van der Waals surface area contributed by atoms with Crippen LogP contribution in [0.2, 0.25) is 0 Å². The average molecular weight is 727 g/mol. The first-order valence-corrected chi connectivity index (χ1v) is 18.9. The molecule has 0 bridgehead atoms. The monoisotopic (exact) mass is 726 g/mol. The van der Waals surface area contributed by atoms with E-state index in [1.807, 2.05) is 78.5 Å². The molecule has 2 unspecified atom stereocenters. The SMILES string of the molecule is CC(C)(C)OC(=O)N1C[C@@H](CCC(Nc2cccc(S(=O)(=O)NC(O)c3ccc(C(C)(C)C)nc3F)n2)c2cccc(C(C)(C)C)n2)CC1(C)C. The molecule has 1 aliphatic rings. The summed E-state index contributed by atoms with van der Waals surface area (Å²) in [6.45, 7) is 22.1. The van der Waals surface area contributed by atoms with Gasteiger partial charge in [0, 0.05) is 34.3 Å². The van der Waals surface area contributed by atoms with E-state index in [9.17, 15) is 22.7 Å². The zero-order valence-electron chi connectivity index (χ0n) is 31.8. The van der Waals surface area contributed by atoms with E-state index in [1.165, 1.54) is 12.1 Å². The summed E-state index contributed by atoms with van der Waals surface area (Å²) in [6, 6.07) is 12.9. The summed E-state index contributed by atoms with van der Waals surface area (Å²) in [5.74, 6) is -0.487. The Kier molecular flexibility index (Phi) is 11.6. The molecule has 11 nitrogen and oxygen atoms in total. The van der Waals surface area contributed by atoms with Crippen molar-refractivity contribution in [2.75, 3.05) is 11.9 Å². The molecular formula is C38H55FN6O5S. The number of carbonyl (C=O) groups excluding carboxylic acids is 1. The van der Waals surface area contributed by atoms with Crippen molar-refractivity contribution in [3.05, 3.63) is 77.1 Å². The van der Waals surface area contributed by atoms with Crippen molar-refractivity contribution >= 4 is 21.9 Å². The molecule has 1 saturated heterocycles. The number of aliphatic hydroxyl groups is 1. The first kappa shape index (κ1) is 40.1. The number of amides is 1. The smallest absolute Gasteiger partial charge is 0.410 e. The molecule has 4 heterocycles. The summed E-state index contributed by atoms with van der Waals surface area (Å²) >= 11 is 0. The molecule has 0 radical (unpaired) electrons. The van der Waals surface area contributed by atoms with Crippen molar-refractivity contribution in [2.45, 2.75) is 135 Å². The lowest BCUT2D eigenvalue weighted by atomic mass is 9.90. The van der Waals surface area contributed by atoms with Gasteiger partial charge in [0.05, 0.1) is 17.3 Å². The molecule has 3 aromatic heterocycles. The van der Waals surface area contributed by atoms with Gasteiger partial charge in [-0.15, -0.1) is 0 Å². The van der Waals surface area contributed by atoms with E-state index < -0.39 is 33.2 Å². The number of carbonyl (C=O) groups is 1. The Bertz CT molecular complexity index is 1810. The third-order valence-electron chi connectivity index (χ3n) is 8.86. The van der Waals surface area contributed by atoms with Gasteiger partial charge in [-0.05, 0) is 96.2 Å². The number of sulfonamides is 1. The van der Waals surface area contributed by atoms with Gasteiger partial charge >= 0.3 is 6.09 Å². The van der Waals surface area contributed by atoms with Crippen LogP contribution in [0.4, 0.5) is 15.0 Å². The lowest BCUT2D eigenvalue weighted by Crippen LogP contribution is -2.45. The third-order valence-corrected chi connectivity index (χ3v) is 10.2. The quantitative estimate of drug-likeness (QED) is 0.142. The van der Waals surface area contributed by atoms with Crippen LogP contribution in [-0.2, 0) is 25.6 Å². The number of anilines is 1. The highest BCUT2D eigenvalue weighted by atomic mass is 32.2. The predicted octanol–water partition coefficient (Wildman–Crippen LogP) is 7.54. The number of hydrogen-bond acceptors (Lipinski definition) is 9. The van der Waals surface area contributed by atoms with E-state index in [-0.39, 0.29) is 45.4 Å². The van der Waals surface area contributed by atoms with Crippen molar-refractivity contribution in [1.82, 2.24) is 24.6 Å². The van der Waals surface area contributed by atoms with Crippen LogP contribution in [0.1, 0.15) is 130 Å². The second-order valence-electron chi connectivity index (χ2n) is 17.2. The summed E-state index contributed by atoms with van der Waals surface area (Å²) in [4.78, 5) is 28.2. The van der Waals surface area contributed by atoms with Crippen LogP contribution in [0.25, 0.3) is 0 Å². The fourth-order valence-corrected chi connectivity index (χ4v) is 7.16. The van der Waals surface area contributed by atoms with Crippen LogP contribution in [0.5, 0.6) is 0 Å². The number of nitrogens with zero attached hydrogens (tertiary/aromatic N) is 4. The van der Waals surface area contributed by atoms with E-state index in [0.717, 1.165) is 24.2 Å². The highest BCUT2D eigenvalue weighted by Crippen LogP contribution is 2.38. The molecule has 0 aliphatic carbocycles. The molecule has 1 fully saturated rings. The molecule has 3 aromatic rings. The number of rotatable bonds is 10. The van der Waals surface area contributed by atoms with Crippen LogP contribution in [0, 0.1) is 11.9 Å². The largest absolute Gasteiger partial charge is 0.444 e. The molecule has 0 spiro atoms. The summed E-state index contributed by atoms with van der Waals surface area (Å²) in [5.41, 5.74) is 0.229. The van der Waals surface area contributed by atoms with Gasteiger partial charge in [-0.2, -0.15) is 9.11 Å². The van der Waals surface area contributed by atoms with Gasteiger partial charge in [0.1, 0.15) is 17.6 Å². The number of ether oxygens (including phenoxy) is 1. The number of halogens is 1. The minimum atomic E-state index is -4.39.